The van der Waals surface area contributed by atoms with Crippen LogP contribution >= 0.6 is 17.0 Å². The summed E-state index contributed by atoms with van der Waals surface area (Å²) < 4.78 is 0.142. The number of aryl methyl sites for hydroxylation is 1. The van der Waals surface area contributed by atoms with Crippen LogP contribution in [-0.4, -0.2) is 5.92 Å². The third-order valence-corrected chi connectivity index (χ3v) is 63.6. The molecule has 0 saturated heterocycles. The van der Waals surface area contributed by atoms with Crippen molar-refractivity contribution in [3.05, 3.63) is 142 Å². The molecule has 0 fully saturated rings. The van der Waals surface area contributed by atoms with Crippen molar-refractivity contribution in [2.24, 2.45) is 5.92 Å². The summed E-state index contributed by atoms with van der Waals surface area (Å²) in [6, 6.07) is 36.2. The number of benzene rings is 5. The van der Waals surface area contributed by atoms with Gasteiger partial charge in [0, 0.05) is 0 Å². The van der Waals surface area contributed by atoms with Gasteiger partial charge in [-0.3, -0.25) is 0 Å². The molecule has 0 aromatic heterocycles. The number of hydrogen-bond acceptors (Lipinski definition) is 0. The molecule has 2 atom stereocenters. The number of allylic oxidation sites excluding steroid dienone is 2. The maximum atomic E-state index is 8.70. The van der Waals surface area contributed by atoms with Gasteiger partial charge in [0.1, 0.15) is 0 Å². The zero-order chi connectivity index (χ0) is 35.1. The van der Waals surface area contributed by atoms with Crippen LogP contribution in [0.15, 0.2) is 108 Å². The van der Waals surface area contributed by atoms with Crippen LogP contribution in [0.2, 0.25) is 13.1 Å². The van der Waals surface area contributed by atoms with E-state index in [0.717, 1.165) is 0 Å². The standard InChI is InChI=1S/C22H25.C21H17.C2H7Si.2ClH.Zr/c1-15(2)18-13-17-7-6-8-20(21(17)14-18)16-9-11-19(12-10-16)22(3,4)5;1-14-11-20-15(2)7-10-19(21(20)12-14)18-9-8-16-5-3-4-6-17(16)13-18;1-3-2;;;/h6-15H,1-5H3;3-13H,1-2H3;3H,1-2H3;2*1H;/q;;;;;+2/p-2. The van der Waals surface area contributed by atoms with Crippen LogP contribution in [0.3, 0.4) is 0 Å². The molecular formula is C45H49Cl2SiZr. The second kappa shape index (κ2) is 12.3. The van der Waals surface area contributed by atoms with Crippen molar-refractivity contribution >= 4 is 45.9 Å². The van der Waals surface area contributed by atoms with Crippen molar-refractivity contribution in [2.75, 3.05) is 0 Å². The van der Waals surface area contributed by atoms with Gasteiger partial charge >= 0.3 is 305 Å². The first-order chi connectivity index (χ1) is 23.1. The van der Waals surface area contributed by atoms with E-state index < -0.39 is 21.5 Å². The molecule has 2 unspecified atom stereocenters. The predicted octanol–water partition coefficient (Wildman–Crippen LogP) is 14.0. The van der Waals surface area contributed by atoms with Gasteiger partial charge in [-0.05, 0) is 0 Å². The Labute approximate surface area is 303 Å². The van der Waals surface area contributed by atoms with Crippen molar-refractivity contribution < 1.29 is 15.6 Å². The summed E-state index contributed by atoms with van der Waals surface area (Å²) in [6.45, 7) is 21.0. The van der Waals surface area contributed by atoms with E-state index in [0.29, 0.717) is 5.92 Å². The van der Waals surface area contributed by atoms with Crippen LogP contribution in [0, 0.1) is 12.8 Å². The molecule has 0 heterocycles. The van der Waals surface area contributed by atoms with Crippen molar-refractivity contribution in [1.29, 1.82) is 0 Å². The topological polar surface area (TPSA) is 0 Å². The van der Waals surface area contributed by atoms with Gasteiger partial charge in [-0.25, -0.2) is 0 Å². The van der Waals surface area contributed by atoms with Gasteiger partial charge in [0.05, 0.1) is 0 Å². The molecule has 0 bridgehead atoms. The Morgan fingerprint density at radius 3 is 1.98 bits per heavy atom. The first-order valence-corrected chi connectivity index (χ1v) is 34.3. The molecule has 7 rings (SSSR count). The van der Waals surface area contributed by atoms with Crippen molar-refractivity contribution in [1.82, 2.24) is 0 Å². The first-order valence-electron chi connectivity index (χ1n) is 17.9. The fourth-order valence-corrected chi connectivity index (χ4v) is 41.2. The number of halogens is 2. The van der Waals surface area contributed by atoms with Gasteiger partial charge in [-0.1, -0.05) is 0 Å². The second-order valence-electron chi connectivity index (χ2n) is 16.4. The molecule has 251 valence electrons. The predicted molar refractivity (Wildman–Crippen MR) is 217 cm³/mol. The second-order valence-corrected chi connectivity index (χ2v) is 58.9. The molecule has 2 aliphatic carbocycles. The van der Waals surface area contributed by atoms with Gasteiger partial charge in [-0.15, -0.1) is 0 Å². The number of fused-ring (bicyclic) bond motifs is 3. The minimum atomic E-state index is -4.87. The summed E-state index contributed by atoms with van der Waals surface area (Å²) >= 11 is -4.87. The fraction of sp³-hybridized carbons (Fsp3) is 0.289. The molecule has 2 aliphatic rings. The van der Waals surface area contributed by atoms with Crippen LogP contribution < -0.4 is 0 Å². The molecule has 0 saturated carbocycles. The van der Waals surface area contributed by atoms with Gasteiger partial charge in [0.25, 0.3) is 0 Å². The molecule has 0 radical (unpaired) electrons. The quantitative estimate of drug-likeness (QED) is 0.151. The van der Waals surface area contributed by atoms with E-state index in [-0.39, 0.29) is 12.7 Å². The Bertz CT molecular complexity index is 2180. The van der Waals surface area contributed by atoms with E-state index in [4.69, 9.17) is 17.0 Å². The molecule has 0 aliphatic heterocycles. The molecule has 5 aromatic rings. The Balaban J connectivity index is 1.42. The Morgan fingerprint density at radius 1 is 0.673 bits per heavy atom. The van der Waals surface area contributed by atoms with Crippen LogP contribution in [-0.2, 0) is 21.0 Å². The molecule has 49 heavy (non-hydrogen) atoms. The molecule has 0 N–H and O–H groups in total. The number of hydrogen-bond donors (Lipinski definition) is 0. The Kier molecular flexibility index (Phi) is 8.80. The van der Waals surface area contributed by atoms with Gasteiger partial charge in [-0.2, -0.15) is 0 Å². The zero-order valence-corrected chi connectivity index (χ0v) is 35.6. The van der Waals surface area contributed by atoms with E-state index in [1.165, 1.54) is 77.6 Å². The molecule has 0 spiro atoms. The zero-order valence-electron chi connectivity index (χ0n) is 30.5. The summed E-state index contributed by atoms with van der Waals surface area (Å²) in [7, 11) is 17.4. The van der Waals surface area contributed by atoms with Crippen LogP contribution in [0.1, 0.15) is 82.2 Å². The monoisotopic (exact) mass is 777 g/mol. The Hall–Kier alpha value is -2.48. The normalized spacial score (nSPS) is 18.3. The van der Waals surface area contributed by atoms with Gasteiger partial charge in [0.15, 0.2) is 0 Å². The summed E-state index contributed by atoms with van der Waals surface area (Å²) in [4.78, 5) is 0. The maximum absolute atomic E-state index is 8.70. The summed E-state index contributed by atoms with van der Waals surface area (Å²) in [5.74, 6) is -1.32. The third-order valence-electron chi connectivity index (χ3n) is 11.7. The summed E-state index contributed by atoms with van der Waals surface area (Å²) in [6.07, 6.45) is 4.92. The average Bonchev–Trinajstić information content (AvgIpc) is 3.65. The molecule has 0 amide bonds. The van der Waals surface area contributed by atoms with E-state index in [1.54, 1.807) is 0 Å². The van der Waals surface area contributed by atoms with Crippen LogP contribution in [0.25, 0.3) is 45.2 Å². The Morgan fingerprint density at radius 2 is 1.33 bits per heavy atom. The first kappa shape index (κ1) is 34.9. The van der Waals surface area contributed by atoms with Gasteiger partial charge < -0.3 is 0 Å². The molecule has 0 nitrogen and oxygen atoms in total. The van der Waals surface area contributed by atoms with Crippen molar-refractivity contribution in [2.45, 2.75) is 74.2 Å². The summed E-state index contributed by atoms with van der Waals surface area (Å²) in [5, 5.41) is 2.52. The average molecular weight is 780 g/mol. The molecular weight excluding hydrogens is 731 g/mol. The van der Waals surface area contributed by atoms with Crippen molar-refractivity contribution in [3.8, 4) is 22.3 Å². The van der Waals surface area contributed by atoms with Crippen LogP contribution in [0.4, 0.5) is 0 Å². The number of rotatable bonds is 6. The third kappa shape index (κ3) is 5.56. The van der Waals surface area contributed by atoms with E-state index >= 15 is 0 Å². The molecule has 4 heteroatoms. The van der Waals surface area contributed by atoms with E-state index in [1.807, 2.05) is 0 Å². The molecule has 5 aromatic carbocycles. The van der Waals surface area contributed by atoms with Crippen LogP contribution in [0.5, 0.6) is 0 Å². The van der Waals surface area contributed by atoms with E-state index in [9.17, 15) is 0 Å². The van der Waals surface area contributed by atoms with Gasteiger partial charge in [0.2, 0.25) is 0 Å². The van der Waals surface area contributed by atoms with E-state index in [2.05, 4.69) is 171 Å². The summed E-state index contributed by atoms with van der Waals surface area (Å²) in [5.41, 5.74) is 15.9. The minimum absolute atomic E-state index is 0.0691. The SMILES string of the molecule is CC1=Cc2c(-c3ccc4ccccc4c3)ccc(C)c2[CH]1[Zr]([Cl])([Cl])([CH]1C(C(C)C)=Cc2c(-c3ccc(C(C)(C)C)cc3)cccc21)[SiH](C)C. The van der Waals surface area contributed by atoms with Crippen molar-refractivity contribution in [3.63, 3.8) is 0 Å². The fourth-order valence-electron chi connectivity index (χ4n) is 8.92.